The maximum absolute atomic E-state index is 11.5. The third kappa shape index (κ3) is 2.98. The molecule has 0 amide bonds. The normalized spacial score (nSPS) is 12.5. The first-order chi connectivity index (χ1) is 9.13. The summed E-state index contributed by atoms with van der Waals surface area (Å²) in [4.78, 5) is 0. The van der Waals surface area contributed by atoms with Gasteiger partial charge in [-0.25, -0.2) is 4.68 Å². The van der Waals surface area contributed by atoms with Crippen LogP contribution in [-0.2, 0) is 17.3 Å². The van der Waals surface area contributed by atoms with Crippen molar-refractivity contribution < 1.29 is 4.21 Å². The second-order valence-corrected chi connectivity index (χ2v) is 6.06. The van der Waals surface area contributed by atoms with Crippen LogP contribution in [0.5, 0.6) is 0 Å². The van der Waals surface area contributed by atoms with Crippen LogP contribution in [0.25, 0.3) is 11.4 Å². The maximum Gasteiger partial charge on any atom is 0.184 e. The molecule has 0 aliphatic rings. The molecule has 0 aliphatic heterocycles. The summed E-state index contributed by atoms with van der Waals surface area (Å²) in [6, 6.07) is 5.69. The molecule has 0 aliphatic carbocycles. The fraction of sp³-hybridized carbons (Fsp3) is 0.417. The quantitative estimate of drug-likeness (QED) is 0.825. The maximum atomic E-state index is 11.5. The van der Waals surface area contributed by atoms with E-state index in [9.17, 15) is 4.21 Å². The van der Waals surface area contributed by atoms with E-state index in [0.29, 0.717) is 29.6 Å². The molecule has 0 saturated carbocycles. The van der Waals surface area contributed by atoms with Crippen LogP contribution in [0.1, 0.15) is 12.5 Å². The van der Waals surface area contributed by atoms with Crippen molar-refractivity contribution in [2.75, 3.05) is 17.2 Å². The number of hydrogen-bond acceptors (Lipinski definition) is 5. The monoisotopic (exact) mass is 279 g/mol. The summed E-state index contributed by atoms with van der Waals surface area (Å²) in [7, 11) is -0.835. The van der Waals surface area contributed by atoms with Crippen molar-refractivity contribution in [1.82, 2.24) is 20.2 Å². The highest BCUT2D eigenvalue weighted by atomic mass is 32.2. The number of benzene rings is 1. The minimum absolute atomic E-state index is 0.524. The van der Waals surface area contributed by atoms with E-state index in [1.54, 1.807) is 4.68 Å². The van der Waals surface area contributed by atoms with E-state index < -0.39 is 10.8 Å². The summed E-state index contributed by atoms with van der Waals surface area (Å²) in [5, 5.41) is 11.7. The van der Waals surface area contributed by atoms with Crippen LogP contribution in [0.3, 0.4) is 0 Å². The van der Waals surface area contributed by atoms with Crippen molar-refractivity contribution in [1.29, 1.82) is 0 Å². The van der Waals surface area contributed by atoms with Crippen LogP contribution in [0.2, 0.25) is 0 Å². The summed E-state index contributed by atoms with van der Waals surface area (Å²) in [6.45, 7) is 4.39. The highest BCUT2D eigenvalue weighted by Gasteiger charge is 2.14. The Kier molecular flexibility index (Phi) is 4.26. The van der Waals surface area contributed by atoms with E-state index >= 15 is 0 Å². The third-order valence-corrected chi connectivity index (χ3v) is 4.20. The Morgan fingerprint density at radius 2 is 2.21 bits per heavy atom. The van der Waals surface area contributed by atoms with Gasteiger partial charge in [0.05, 0.1) is 6.54 Å². The molecule has 102 valence electrons. The van der Waals surface area contributed by atoms with Crippen LogP contribution in [-0.4, -0.2) is 35.9 Å². The number of rotatable bonds is 5. The molecule has 0 spiro atoms. The van der Waals surface area contributed by atoms with E-state index in [4.69, 9.17) is 5.73 Å². The average molecular weight is 279 g/mol. The Labute approximate surface area is 114 Å². The molecular formula is C12H17N5OS. The highest BCUT2D eigenvalue weighted by Crippen LogP contribution is 2.26. The van der Waals surface area contributed by atoms with Gasteiger partial charge in [0.15, 0.2) is 5.82 Å². The van der Waals surface area contributed by atoms with Crippen molar-refractivity contribution in [2.45, 2.75) is 20.4 Å². The molecule has 1 unspecified atom stereocenters. The lowest BCUT2D eigenvalue weighted by molar-refractivity contribution is 0.624. The van der Waals surface area contributed by atoms with Gasteiger partial charge in [0.2, 0.25) is 0 Å². The lowest BCUT2D eigenvalue weighted by Crippen LogP contribution is -2.12. The summed E-state index contributed by atoms with van der Waals surface area (Å²) < 4.78 is 13.2. The SMILES string of the molecule is CCS(=O)CCn1nnnc1-c1c(C)cccc1N. The molecule has 2 aromatic rings. The molecule has 0 radical (unpaired) electrons. The van der Waals surface area contributed by atoms with E-state index in [2.05, 4.69) is 15.5 Å². The number of aryl methyl sites for hydroxylation is 2. The zero-order valence-corrected chi connectivity index (χ0v) is 11.9. The molecule has 0 bridgehead atoms. The topological polar surface area (TPSA) is 86.7 Å². The zero-order chi connectivity index (χ0) is 13.8. The van der Waals surface area contributed by atoms with Crippen molar-refractivity contribution in [3.63, 3.8) is 0 Å². The first-order valence-corrected chi connectivity index (χ1v) is 7.59. The van der Waals surface area contributed by atoms with Gasteiger partial charge in [0, 0.05) is 33.6 Å². The lowest BCUT2D eigenvalue weighted by atomic mass is 10.1. The molecule has 6 nitrogen and oxygen atoms in total. The van der Waals surface area contributed by atoms with Crippen LogP contribution >= 0.6 is 0 Å². The van der Waals surface area contributed by atoms with E-state index in [1.807, 2.05) is 32.0 Å². The molecule has 1 atom stereocenters. The minimum atomic E-state index is -0.835. The second-order valence-electron chi connectivity index (χ2n) is 4.20. The lowest BCUT2D eigenvalue weighted by Gasteiger charge is -2.09. The molecule has 19 heavy (non-hydrogen) atoms. The van der Waals surface area contributed by atoms with Gasteiger partial charge < -0.3 is 5.73 Å². The van der Waals surface area contributed by atoms with Crippen molar-refractivity contribution >= 4 is 16.5 Å². The molecule has 1 heterocycles. The van der Waals surface area contributed by atoms with Gasteiger partial charge in [-0.3, -0.25) is 4.21 Å². The van der Waals surface area contributed by atoms with Crippen LogP contribution in [0.15, 0.2) is 18.2 Å². The van der Waals surface area contributed by atoms with Gasteiger partial charge in [-0.2, -0.15) is 0 Å². The molecule has 2 N–H and O–H groups in total. The Bertz CT molecular complexity index is 575. The minimum Gasteiger partial charge on any atom is -0.398 e. The molecular weight excluding hydrogens is 262 g/mol. The van der Waals surface area contributed by atoms with Gasteiger partial charge >= 0.3 is 0 Å². The fourth-order valence-corrected chi connectivity index (χ4v) is 2.53. The standard InChI is InChI=1S/C12H17N5OS/c1-3-19(18)8-7-17-12(14-15-16-17)11-9(2)5-4-6-10(11)13/h4-6H,3,7-8,13H2,1-2H3. The fourth-order valence-electron chi connectivity index (χ4n) is 1.86. The van der Waals surface area contributed by atoms with Crippen LogP contribution in [0.4, 0.5) is 5.69 Å². The predicted octanol–water partition coefficient (Wildman–Crippen LogP) is 0.999. The number of tetrazole rings is 1. The smallest absolute Gasteiger partial charge is 0.184 e. The molecule has 1 aromatic carbocycles. The molecule has 7 heteroatoms. The Morgan fingerprint density at radius 3 is 2.89 bits per heavy atom. The van der Waals surface area contributed by atoms with Gasteiger partial charge in [-0.05, 0) is 29.0 Å². The van der Waals surface area contributed by atoms with Crippen LogP contribution < -0.4 is 5.73 Å². The summed E-state index contributed by atoms with van der Waals surface area (Å²) in [5.41, 5.74) is 8.50. The Morgan fingerprint density at radius 1 is 1.42 bits per heavy atom. The van der Waals surface area contributed by atoms with Gasteiger partial charge in [-0.1, -0.05) is 19.1 Å². The Hall–Kier alpha value is -1.76. The third-order valence-electron chi connectivity index (χ3n) is 2.91. The first kappa shape index (κ1) is 13.7. The van der Waals surface area contributed by atoms with Crippen molar-refractivity contribution in [3.05, 3.63) is 23.8 Å². The highest BCUT2D eigenvalue weighted by molar-refractivity contribution is 7.84. The summed E-state index contributed by atoms with van der Waals surface area (Å²) in [5.74, 6) is 1.81. The number of aromatic nitrogens is 4. The second kappa shape index (κ2) is 5.92. The number of nitrogen functional groups attached to an aromatic ring is 1. The predicted molar refractivity (Wildman–Crippen MR) is 76.0 cm³/mol. The zero-order valence-electron chi connectivity index (χ0n) is 11.0. The molecule has 0 saturated heterocycles. The first-order valence-electron chi connectivity index (χ1n) is 6.10. The van der Waals surface area contributed by atoms with Crippen molar-refractivity contribution in [3.8, 4) is 11.4 Å². The number of nitrogens with zero attached hydrogens (tertiary/aromatic N) is 4. The average Bonchev–Trinajstić information content (AvgIpc) is 2.84. The number of nitrogens with two attached hydrogens (primary N) is 1. The Balaban J connectivity index is 2.31. The summed E-state index contributed by atoms with van der Waals surface area (Å²) in [6.07, 6.45) is 0. The molecule has 0 fully saturated rings. The van der Waals surface area contributed by atoms with E-state index in [-0.39, 0.29) is 0 Å². The van der Waals surface area contributed by atoms with E-state index in [1.165, 1.54) is 0 Å². The van der Waals surface area contributed by atoms with Gasteiger partial charge in [0.1, 0.15) is 0 Å². The van der Waals surface area contributed by atoms with Gasteiger partial charge in [-0.15, -0.1) is 5.10 Å². The molecule has 2 rings (SSSR count). The van der Waals surface area contributed by atoms with Gasteiger partial charge in [0.25, 0.3) is 0 Å². The largest absolute Gasteiger partial charge is 0.398 e. The number of hydrogen-bond donors (Lipinski definition) is 1. The molecule has 1 aromatic heterocycles. The van der Waals surface area contributed by atoms with Crippen LogP contribution in [0, 0.1) is 6.92 Å². The van der Waals surface area contributed by atoms with E-state index in [0.717, 1.165) is 11.1 Å². The van der Waals surface area contributed by atoms with Crippen molar-refractivity contribution in [2.24, 2.45) is 0 Å². The summed E-state index contributed by atoms with van der Waals surface area (Å²) >= 11 is 0. The number of anilines is 1.